The maximum absolute atomic E-state index is 10.8. The summed E-state index contributed by atoms with van der Waals surface area (Å²) in [6.07, 6.45) is 4.42. The summed E-state index contributed by atoms with van der Waals surface area (Å²) < 4.78 is -1.23. The van der Waals surface area contributed by atoms with Gasteiger partial charge >= 0.3 is 5.97 Å². The molecule has 0 radical (unpaired) electrons. The van der Waals surface area contributed by atoms with Gasteiger partial charge in [0.1, 0.15) is 16.6 Å². The maximum atomic E-state index is 10.8. The van der Waals surface area contributed by atoms with E-state index in [2.05, 4.69) is 9.97 Å². The second-order valence-electron chi connectivity index (χ2n) is 3.14. The summed E-state index contributed by atoms with van der Waals surface area (Å²) in [5.41, 5.74) is 0.657. The second kappa shape index (κ2) is 3.07. The third-order valence-corrected chi connectivity index (χ3v) is 3.20. The molecule has 1 aliphatic carbocycles. The van der Waals surface area contributed by atoms with Gasteiger partial charge in [-0.25, -0.2) is 9.97 Å². The van der Waals surface area contributed by atoms with Crippen LogP contribution in [-0.2, 0) is 4.79 Å². The number of carboxylic acids is 1. The van der Waals surface area contributed by atoms with Crippen molar-refractivity contribution in [3.8, 4) is 0 Å². The molecular formula is C8H6Cl2N2O2. The van der Waals surface area contributed by atoms with Gasteiger partial charge in [0, 0.05) is 18.3 Å². The van der Waals surface area contributed by atoms with E-state index in [0.717, 1.165) is 0 Å². The Morgan fingerprint density at radius 2 is 2.00 bits per heavy atom. The number of halogens is 2. The molecule has 1 N–H and O–H groups in total. The quantitative estimate of drug-likeness (QED) is 0.785. The number of hydrogen-bond donors (Lipinski definition) is 1. The number of alkyl halides is 2. The lowest BCUT2D eigenvalue weighted by Crippen LogP contribution is -2.03. The molecule has 14 heavy (non-hydrogen) atoms. The van der Waals surface area contributed by atoms with Crippen LogP contribution < -0.4 is 0 Å². The molecule has 0 spiro atoms. The Morgan fingerprint density at radius 3 is 2.43 bits per heavy atom. The number of rotatable bonds is 2. The summed E-state index contributed by atoms with van der Waals surface area (Å²) in [6, 6.07) is 0. The zero-order valence-corrected chi connectivity index (χ0v) is 8.40. The normalized spacial score (nSPS) is 28.4. The highest BCUT2D eigenvalue weighted by Crippen LogP contribution is 2.64. The van der Waals surface area contributed by atoms with Crippen molar-refractivity contribution >= 4 is 29.2 Å². The van der Waals surface area contributed by atoms with Crippen molar-refractivity contribution in [1.29, 1.82) is 0 Å². The minimum Gasteiger partial charge on any atom is -0.481 e. The molecule has 1 aliphatic rings. The van der Waals surface area contributed by atoms with E-state index in [9.17, 15) is 4.79 Å². The Kier molecular flexibility index (Phi) is 2.12. The van der Waals surface area contributed by atoms with E-state index in [1.165, 1.54) is 18.7 Å². The second-order valence-corrected chi connectivity index (χ2v) is 4.58. The molecule has 74 valence electrons. The molecule has 1 saturated carbocycles. The van der Waals surface area contributed by atoms with E-state index in [1.54, 1.807) is 0 Å². The third-order valence-electron chi connectivity index (χ3n) is 2.26. The summed E-state index contributed by atoms with van der Waals surface area (Å²) in [5, 5.41) is 8.81. The van der Waals surface area contributed by atoms with Crippen LogP contribution >= 0.6 is 23.2 Å². The molecule has 2 atom stereocenters. The standard InChI is InChI=1S/C8H6Cl2N2O2/c9-8(10)5(6(8)7(13)14)4-1-11-3-12-2-4/h1-3,5-6H,(H,13,14)/t5-,6-/m1/s1. The fourth-order valence-corrected chi connectivity index (χ4v) is 2.34. The highest BCUT2D eigenvalue weighted by atomic mass is 35.5. The molecule has 6 heteroatoms. The highest BCUT2D eigenvalue weighted by molar-refractivity contribution is 6.53. The molecule has 0 aliphatic heterocycles. The molecular weight excluding hydrogens is 227 g/mol. The molecule has 0 aromatic carbocycles. The minimum absolute atomic E-state index is 0.412. The molecule has 1 aromatic heterocycles. The van der Waals surface area contributed by atoms with Crippen LogP contribution in [-0.4, -0.2) is 25.4 Å². The van der Waals surface area contributed by atoms with Crippen LogP contribution in [0.3, 0.4) is 0 Å². The van der Waals surface area contributed by atoms with E-state index in [1.807, 2.05) is 0 Å². The summed E-state index contributed by atoms with van der Waals surface area (Å²) >= 11 is 11.7. The molecule has 4 nitrogen and oxygen atoms in total. The van der Waals surface area contributed by atoms with Gasteiger partial charge in [-0.1, -0.05) is 23.2 Å². The lowest BCUT2D eigenvalue weighted by molar-refractivity contribution is -0.138. The van der Waals surface area contributed by atoms with Crippen LogP contribution in [0, 0.1) is 5.92 Å². The first kappa shape index (κ1) is 9.68. The first-order valence-corrected chi connectivity index (χ1v) is 4.66. The zero-order chi connectivity index (χ0) is 10.3. The molecule has 0 amide bonds. The van der Waals surface area contributed by atoms with Crippen LogP contribution in [0.2, 0.25) is 0 Å². The van der Waals surface area contributed by atoms with Gasteiger partial charge in [-0.3, -0.25) is 4.79 Å². The van der Waals surface area contributed by atoms with Crippen molar-refractivity contribution in [3.63, 3.8) is 0 Å². The maximum Gasteiger partial charge on any atom is 0.310 e. The van der Waals surface area contributed by atoms with Crippen molar-refractivity contribution in [2.24, 2.45) is 5.92 Å². The Morgan fingerprint density at radius 1 is 1.43 bits per heavy atom. The van der Waals surface area contributed by atoms with Crippen molar-refractivity contribution < 1.29 is 9.90 Å². The summed E-state index contributed by atoms with van der Waals surface area (Å²) in [6.45, 7) is 0. The monoisotopic (exact) mass is 232 g/mol. The number of aromatic nitrogens is 2. The SMILES string of the molecule is O=C(O)[C@H]1[C@@H](c2cncnc2)C1(Cl)Cl. The van der Waals surface area contributed by atoms with Crippen LogP contribution in [0.1, 0.15) is 11.5 Å². The summed E-state index contributed by atoms with van der Waals surface area (Å²) in [5.74, 6) is -2.18. The molecule has 0 unspecified atom stereocenters. The predicted molar refractivity (Wildman–Crippen MR) is 50.3 cm³/mol. The van der Waals surface area contributed by atoms with E-state index in [4.69, 9.17) is 28.3 Å². The molecule has 0 bridgehead atoms. The molecule has 1 aromatic rings. The number of aliphatic carboxylic acids is 1. The first-order chi connectivity index (χ1) is 6.55. The number of carbonyl (C=O) groups is 1. The Bertz CT molecular complexity index is 369. The smallest absolute Gasteiger partial charge is 0.310 e. The van der Waals surface area contributed by atoms with Crippen molar-refractivity contribution in [1.82, 2.24) is 9.97 Å². The first-order valence-electron chi connectivity index (χ1n) is 3.90. The van der Waals surface area contributed by atoms with Gasteiger partial charge in [0.25, 0.3) is 0 Å². The number of carboxylic acid groups (broad SMARTS) is 1. The van der Waals surface area contributed by atoms with Crippen LogP contribution in [0.4, 0.5) is 0 Å². The largest absolute Gasteiger partial charge is 0.481 e. The van der Waals surface area contributed by atoms with E-state index in [0.29, 0.717) is 5.56 Å². The zero-order valence-electron chi connectivity index (χ0n) is 6.89. The average molecular weight is 233 g/mol. The van der Waals surface area contributed by atoms with Gasteiger partial charge in [0.05, 0.1) is 0 Å². The lowest BCUT2D eigenvalue weighted by Gasteiger charge is -1.96. The summed E-state index contributed by atoms with van der Waals surface area (Å²) in [4.78, 5) is 18.3. The highest BCUT2D eigenvalue weighted by Gasteiger charge is 2.68. The number of nitrogens with zero attached hydrogens (tertiary/aromatic N) is 2. The Hall–Kier alpha value is -0.870. The fraction of sp³-hybridized carbons (Fsp3) is 0.375. The van der Waals surface area contributed by atoms with Crippen molar-refractivity contribution in [3.05, 3.63) is 24.3 Å². The Balaban J connectivity index is 2.28. The van der Waals surface area contributed by atoms with Gasteiger partial charge in [-0.05, 0) is 5.56 Å². The van der Waals surface area contributed by atoms with Gasteiger partial charge in [0.2, 0.25) is 0 Å². The van der Waals surface area contributed by atoms with Crippen LogP contribution in [0.25, 0.3) is 0 Å². The van der Waals surface area contributed by atoms with Gasteiger partial charge in [-0.15, -0.1) is 0 Å². The fourth-order valence-electron chi connectivity index (χ4n) is 1.52. The topological polar surface area (TPSA) is 63.1 Å². The Labute approximate surface area is 89.9 Å². The lowest BCUT2D eigenvalue weighted by atomic mass is 10.2. The predicted octanol–water partition coefficient (Wildman–Crippen LogP) is 1.45. The van der Waals surface area contributed by atoms with Crippen LogP contribution in [0.5, 0.6) is 0 Å². The van der Waals surface area contributed by atoms with E-state index in [-0.39, 0.29) is 0 Å². The van der Waals surface area contributed by atoms with Gasteiger partial charge < -0.3 is 5.11 Å². The van der Waals surface area contributed by atoms with Crippen molar-refractivity contribution in [2.45, 2.75) is 10.3 Å². The molecule has 1 heterocycles. The van der Waals surface area contributed by atoms with Gasteiger partial charge in [-0.2, -0.15) is 0 Å². The molecule has 0 saturated heterocycles. The third kappa shape index (κ3) is 1.35. The molecule has 2 rings (SSSR count). The van der Waals surface area contributed by atoms with E-state index < -0.39 is 22.1 Å². The summed E-state index contributed by atoms with van der Waals surface area (Å²) in [7, 11) is 0. The van der Waals surface area contributed by atoms with Crippen LogP contribution in [0.15, 0.2) is 18.7 Å². The van der Waals surface area contributed by atoms with Gasteiger partial charge in [0.15, 0.2) is 0 Å². The molecule has 1 fully saturated rings. The van der Waals surface area contributed by atoms with Crippen molar-refractivity contribution in [2.75, 3.05) is 0 Å². The average Bonchev–Trinajstić information content (AvgIpc) is 2.71. The minimum atomic E-state index is -1.23. The van der Waals surface area contributed by atoms with E-state index >= 15 is 0 Å². The number of hydrogen-bond acceptors (Lipinski definition) is 3.